The van der Waals surface area contributed by atoms with E-state index in [0.29, 0.717) is 0 Å². The summed E-state index contributed by atoms with van der Waals surface area (Å²) in [5.41, 5.74) is 0. The van der Waals surface area contributed by atoms with Gasteiger partial charge in [0, 0.05) is 19.6 Å². The Morgan fingerprint density at radius 1 is 0.645 bits per heavy atom. The zero-order valence-corrected chi connectivity index (χ0v) is 17.0. The topological polar surface area (TPSA) is 333 Å². The molecule has 0 aromatic carbocycles. The fraction of sp³-hybridized carbons (Fsp3) is 0.857. The Morgan fingerprint density at radius 2 is 0.806 bits per heavy atom. The van der Waals surface area contributed by atoms with Gasteiger partial charge in [-0.1, -0.05) is 0 Å². The van der Waals surface area contributed by atoms with Crippen LogP contribution < -0.4 is 0 Å². The summed E-state index contributed by atoms with van der Waals surface area (Å²) < 4.78 is 17.8. The molecule has 0 amide bonds. The third kappa shape index (κ3) is 74.5. The molecule has 6 N–H and O–H groups in total. The first-order valence-corrected chi connectivity index (χ1v) is 9.94. The largest absolute Gasteiger partial charge is 0.466 e. The van der Waals surface area contributed by atoms with Gasteiger partial charge in [0.2, 0.25) is 0 Å². The lowest BCUT2D eigenvalue weighted by Gasteiger charge is -2.20. The van der Waals surface area contributed by atoms with Crippen LogP contribution in [0.4, 0.5) is 0 Å². The SMILES string of the molecule is C=O.O=P(O)(O)O.O=P(O)(O)O.O=[N+]([O-])OCCN(CCO[N+](=O)[O-])CCO[N+](=O)[O-]. The summed E-state index contributed by atoms with van der Waals surface area (Å²) in [5, 5.41) is 26.8. The molecule has 0 heterocycles. The van der Waals surface area contributed by atoms with Gasteiger partial charge in [-0.3, -0.25) is 4.90 Å². The van der Waals surface area contributed by atoms with E-state index in [4.69, 9.17) is 43.3 Å². The third-order valence-electron chi connectivity index (χ3n) is 1.81. The number of hydrogen-bond acceptors (Lipinski definition) is 13. The normalized spacial score (nSPS) is 10.0. The zero-order valence-electron chi connectivity index (χ0n) is 15.2. The molecule has 0 atom stereocenters. The van der Waals surface area contributed by atoms with Crippen molar-refractivity contribution in [3.8, 4) is 0 Å². The first-order valence-electron chi connectivity index (χ1n) is 6.81. The summed E-state index contributed by atoms with van der Waals surface area (Å²) in [6, 6.07) is 0. The highest BCUT2D eigenvalue weighted by molar-refractivity contribution is 7.45. The number of carbonyl (C=O) groups excluding carboxylic acids is 1. The highest BCUT2D eigenvalue weighted by atomic mass is 31.2. The Labute approximate surface area is 171 Å². The van der Waals surface area contributed by atoms with Gasteiger partial charge in [0.25, 0.3) is 15.3 Å². The van der Waals surface area contributed by atoms with Crippen molar-refractivity contribution in [3.63, 3.8) is 0 Å². The first kappa shape index (κ1) is 35.9. The van der Waals surface area contributed by atoms with E-state index in [1.807, 2.05) is 6.79 Å². The third-order valence-corrected chi connectivity index (χ3v) is 1.81. The molecule has 0 radical (unpaired) electrons. The standard InChI is InChI=1S/C6H12N4O9.CH2O.2H3O4P/c11-8(12)17-4-1-7(2-5-18-9(13)14)3-6-19-10(15)16;1-2;2*1-5(2,3)4/h1-6H2;1H2;2*(H3,1,2,3,4). The predicted molar refractivity (Wildman–Crippen MR) is 90.9 cm³/mol. The smallest absolute Gasteiger partial charge is 0.313 e. The number of nitrogens with zero attached hydrogens (tertiary/aromatic N) is 4. The molecule has 0 spiro atoms. The Morgan fingerprint density at radius 3 is 0.935 bits per heavy atom. The molecule has 0 saturated carbocycles. The maximum atomic E-state index is 9.92. The Balaban J connectivity index is -0.000000249. The van der Waals surface area contributed by atoms with Crippen LogP contribution in [-0.2, 0) is 28.4 Å². The molecular formula is C7H20N4O18P2. The van der Waals surface area contributed by atoms with E-state index >= 15 is 0 Å². The summed E-state index contributed by atoms with van der Waals surface area (Å²) in [6.07, 6.45) is 0. The molecule has 0 aliphatic rings. The average molecular weight is 510 g/mol. The van der Waals surface area contributed by atoms with Gasteiger partial charge in [-0.05, 0) is 0 Å². The van der Waals surface area contributed by atoms with Crippen LogP contribution in [0.25, 0.3) is 0 Å². The van der Waals surface area contributed by atoms with Gasteiger partial charge in [-0.25, -0.2) is 9.13 Å². The molecule has 186 valence electrons. The lowest BCUT2D eigenvalue weighted by molar-refractivity contribution is -0.760. The van der Waals surface area contributed by atoms with E-state index in [9.17, 15) is 30.3 Å². The minimum absolute atomic E-state index is 0.0448. The second-order valence-electron chi connectivity index (χ2n) is 4.04. The van der Waals surface area contributed by atoms with Crippen LogP contribution in [0.1, 0.15) is 0 Å². The minimum atomic E-state index is -4.64. The average Bonchev–Trinajstić information content (AvgIpc) is 2.52. The molecule has 22 nitrogen and oxygen atoms in total. The van der Waals surface area contributed by atoms with Crippen LogP contribution >= 0.6 is 15.6 Å². The van der Waals surface area contributed by atoms with Gasteiger partial charge in [0.1, 0.15) is 26.6 Å². The van der Waals surface area contributed by atoms with Crippen LogP contribution in [-0.4, -0.2) is 95.8 Å². The fourth-order valence-electron chi connectivity index (χ4n) is 1.07. The van der Waals surface area contributed by atoms with Crippen LogP contribution in [0.2, 0.25) is 0 Å². The molecule has 0 unspecified atom stereocenters. The maximum absolute atomic E-state index is 9.92. The second-order valence-corrected chi connectivity index (χ2v) is 6.09. The summed E-state index contributed by atoms with van der Waals surface area (Å²) >= 11 is 0. The van der Waals surface area contributed by atoms with Crippen molar-refractivity contribution in [1.29, 1.82) is 0 Å². The van der Waals surface area contributed by atoms with Crippen LogP contribution in [0, 0.1) is 30.3 Å². The predicted octanol–water partition coefficient (Wildman–Crippen LogP) is -3.13. The molecule has 24 heteroatoms. The Kier molecular flexibility index (Phi) is 24.0. The lowest BCUT2D eigenvalue weighted by atomic mass is 10.4. The summed E-state index contributed by atoms with van der Waals surface area (Å²) in [5.74, 6) is 0. The first-order chi connectivity index (χ1) is 13.9. The fourth-order valence-corrected chi connectivity index (χ4v) is 1.07. The van der Waals surface area contributed by atoms with Gasteiger partial charge in [0.05, 0.1) is 0 Å². The van der Waals surface area contributed by atoms with Crippen molar-refractivity contribution in [3.05, 3.63) is 30.3 Å². The monoisotopic (exact) mass is 510 g/mol. The van der Waals surface area contributed by atoms with Crippen LogP contribution in [0.3, 0.4) is 0 Å². The molecule has 0 saturated heterocycles. The van der Waals surface area contributed by atoms with Gasteiger partial charge in [0.15, 0.2) is 0 Å². The van der Waals surface area contributed by atoms with E-state index in [1.54, 1.807) is 0 Å². The van der Waals surface area contributed by atoms with Crippen LogP contribution in [0.5, 0.6) is 0 Å². The van der Waals surface area contributed by atoms with Crippen molar-refractivity contribution in [1.82, 2.24) is 4.90 Å². The van der Waals surface area contributed by atoms with Gasteiger partial charge in [-0.15, -0.1) is 30.3 Å². The summed E-state index contributed by atoms with van der Waals surface area (Å²) in [6.45, 7) is 1.31. The van der Waals surface area contributed by atoms with Crippen LogP contribution in [0.15, 0.2) is 0 Å². The Bertz CT molecular complexity index is 507. The zero-order chi connectivity index (χ0) is 25.7. The highest BCUT2D eigenvalue weighted by Crippen LogP contribution is 2.26. The van der Waals surface area contributed by atoms with E-state index in [0.717, 1.165) is 0 Å². The van der Waals surface area contributed by atoms with Gasteiger partial charge < -0.3 is 48.7 Å². The number of hydrogen-bond donors (Lipinski definition) is 6. The number of phosphoric acid groups is 2. The number of rotatable bonds is 12. The van der Waals surface area contributed by atoms with E-state index in [1.165, 1.54) is 4.90 Å². The molecule has 0 aliphatic heterocycles. The molecule has 0 bridgehead atoms. The maximum Gasteiger partial charge on any atom is 0.466 e. The van der Waals surface area contributed by atoms with Gasteiger partial charge in [-0.2, -0.15) is 0 Å². The van der Waals surface area contributed by atoms with Crippen molar-refractivity contribution < 1.29 is 73.1 Å². The summed E-state index contributed by atoms with van der Waals surface area (Å²) in [7, 11) is -9.28. The quantitative estimate of drug-likeness (QED) is 0.0858. The Hall–Kier alpha value is -2.55. The second kappa shape index (κ2) is 20.7. The van der Waals surface area contributed by atoms with E-state index in [-0.39, 0.29) is 39.5 Å². The molecule has 0 fully saturated rings. The summed E-state index contributed by atoms with van der Waals surface area (Å²) in [4.78, 5) is 94.5. The van der Waals surface area contributed by atoms with E-state index < -0.39 is 30.9 Å². The minimum Gasteiger partial charge on any atom is -0.313 e. The van der Waals surface area contributed by atoms with E-state index in [2.05, 4.69) is 14.5 Å². The van der Waals surface area contributed by atoms with Crippen molar-refractivity contribution >= 4 is 22.4 Å². The molecule has 0 aromatic heterocycles. The van der Waals surface area contributed by atoms with Crippen molar-refractivity contribution in [2.45, 2.75) is 0 Å². The molecule has 0 aliphatic carbocycles. The molecule has 0 rings (SSSR count). The lowest BCUT2D eigenvalue weighted by Crippen LogP contribution is -2.35. The molecule has 0 aromatic rings. The van der Waals surface area contributed by atoms with Crippen molar-refractivity contribution in [2.24, 2.45) is 0 Å². The number of carbonyl (C=O) groups is 1. The highest BCUT2D eigenvalue weighted by Gasteiger charge is 2.08. The molecule has 31 heavy (non-hydrogen) atoms. The van der Waals surface area contributed by atoms with Gasteiger partial charge >= 0.3 is 15.6 Å². The molecular weight excluding hydrogens is 490 g/mol. The van der Waals surface area contributed by atoms with Crippen molar-refractivity contribution in [2.75, 3.05) is 39.5 Å².